The van der Waals surface area contributed by atoms with E-state index in [4.69, 9.17) is 5.73 Å². The smallest absolute Gasteiger partial charge is 0.00416 e. The fraction of sp³-hybridized carbons (Fsp3) is 1.00. The fourth-order valence-electron chi connectivity index (χ4n) is 3.98. The van der Waals surface area contributed by atoms with Gasteiger partial charge in [-0.3, -0.25) is 0 Å². The van der Waals surface area contributed by atoms with E-state index in [1.54, 1.807) is 0 Å². The highest BCUT2D eigenvalue weighted by Crippen LogP contribution is 2.40. The molecule has 0 bridgehead atoms. The van der Waals surface area contributed by atoms with E-state index < -0.39 is 0 Å². The second-order valence-corrected chi connectivity index (χ2v) is 7.32. The summed E-state index contributed by atoms with van der Waals surface area (Å²) in [6.45, 7) is 16.5. The first-order valence-electron chi connectivity index (χ1n) is 9.16. The van der Waals surface area contributed by atoms with Crippen LogP contribution in [-0.4, -0.2) is 6.04 Å². The lowest BCUT2D eigenvalue weighted by Crippen LogP contribution is -2.40. The average Bonchev–Trinajstić information content (AvgIpc) is 2.40. The Hall–Kier alpha value is -0.0400. The molecule has 5 atom stereocenters. The third kappa shape index (κ3) is 6.16. The van der Waals surface area contributed by atoms with Gasteiger partial charge in [-0.15, -0.1) is 0 Å². The number of rotatable bonds is 11. The van der Waals surface area contributed by atoms with Gasteiger partial charge in [-0.1, -0.05) is 67.2 Å². The zero-order valence-electron chi connectivity index (χ0n) is 15.3. The summed E-state index contributed by atoms with van der Waals surface area (Å²) in [6.07, 6.45) is 7.91. The van der Waals surface area contributed by atoms with Crippen LogP contribution in [-0.2, 0) is 0 Å². The molecule has 20 heavy (non-hydrogen) atoms. The summed E-state index contributed by atoms with van der Waals surface area (Å²) < 4.78 is 0. The van der Waals surface area contributed by atoms with Gasteiger partial charge in [0.2, 0.25) is 0 Å². The third-order valence-electron chi connectivity index (χ3n) is 5.33. The van der Waals surface area contributed by atoms with Gasteiger partial charge >= 0.3 is 0 Å². The molecule has 0 aromatic rings. The number of nitrogens with two attached hydrogens (primary N) is 1. The van der Waals surface area contributed by atoms with Crippen LogP contribution >= 0.6 is 0 Å². The first kappa shape index (κ1) is 20.0. The lowest BCUT2D eigenvalue weighted by molar-refractivity contribution is 0.0864. The first-order chi connectivity index (χ1) is 9.40. The Balaban J connectivity index is 5.23. The quantitative estimate of drug-likeness (QED) is 0.504. The Morgan fingerprint density at radius 1 is 0.800 bits per heavy atom. The number of hydrogen-bond acceptors (Lipinski definition) is 1. The Morgan fingerprint density at radius 2 is 1.40 bits per heavy atom. The minimum absolute atomic E-state index is 0.330. The van der Waals surface area contributed by atoms with Gasteiger partial charge in [0, 0.05) is 6.04 Å². The molecule has 0 rings (SSSR count). The molecule has 2 N–H and O–H groups in total. The van der Waals surface area contributed by atoms with Crippen LogP contribution in [0.5, 0.6) is 0 Å². The van der Waals surface area contributed by atoms with Gasteiger partial charge in [0.15, 0.2) is 0 Å². The van der Waals surface area contributed by atoms with E-state index in [0.717, 1.165) is 23.7 Å². The Bertz CT molecular complexity index is 222. The zero-order chi connectivity index (χ0) is 15.7. The Morgan fingerprint density at radius 3 is 1.75 bits per heavy atom. The van der Waals surface area contributed by atoms with Gasteiger partial charge in [-0.2, -0.15) is 0 Å². The second kappa shape index (κ2) is 10.7. The van der Waals surface area contributed by atoms with E-state index in [9.17, 15) is 0 Å². The van der Waals surface area contributed by atoms with Crippen LogP contribution in [0.15, 0.2) is 0 Å². The van der Waals surface area contributed by atoms with Gasteiger partial charge in [-0.25, -0.2) is 0 Å². The number of unbranched alkanes of at least 4 members (excludes halogenated alkanes) is 1. The molecule has 0 amide bonds. The molecule has 0 radical (unpaired) electrons. The van der Waals surface area contributed by atoms with E-state index in [1.807, 2.05) is 0 Å². The molecule has 0 aliphatic carbocycles. The molecule has 0 heterocycles. The van der Waals surface area contributed by atoms with Crippen LogP contribution in [0.4, 0.5) is 0 Å². The summed E-state index contributed by atoms with van der Waals surface area (Å²) in [5, 5.41) is 0. The first-order valence-corrected chi connectivity index (χ1v) is 9.16. The van der Waals surface area contributed by atoms with Gasteiger partial charge in [-0.05, 0) is 49.4 Å². The molecule has 4 unspecified atom stereocenters. The van der Waals surface area contributed by atoms with Crippen LogP contribution in [0.25, 0.3) is 0 Å². The minimum Gasteiger partial charge on any atom is -0.328 e. The van der Waals surface area contributed by atoms with Crippen molar-refractivity contribution in [2.45, 2.75) is 93.0 Å². The zero-order valence-corrected chi connectivity index (χ0v) is 15.3. The van der Waals surface area contributed by atoms with E-state index in [0.29, 0.717) is 12.0 Å². The van der Waals surface area contributed by atoms with Crippen molar-refractivity contribution in [3.8, 4) is 0 Å². The summed E-state index contributed by atoms with van der Waals surface area (Å²) >= 11 is 0. The monoisotopic (exact) mass is 283 g/mol. The van der Waals surface area contributed by atoms with Gasteiger partial charge in [0.25, 0.3) is 0 Å². The lowest BCUT2D eigenvalue weighted by atomic mass is 9.65. The summed E-state index contributed by atoms with van der Waals surface area (Å²) in [6, 6.07) is 0.330. The summed E-state index contributed by atoms with van der Waals surface area (Å²) in [4.78, 5) is 0. The van der Waals surface area contributed by atoms with E-state index in [1.165, 1.54) is 38.5 Å². The molecule has 0 fully saturated rings. The van der Waals surface area contributed by atoms with Gasteiger partial charge < -0.3 is 5.73 Å². The van der Waals surface area contributed by atoms with Crippen molar-refractivity contribution in [1.82, 2.24) is 0 Å². The van der Waals surface area contributed by atoms with Crippen molar-refractivity contribution in [1.29, 1.82) is 0 Å². The van der Waals surface area contributed by atoms with Crippen molar-refractivity contribution >= 4 is 0 Å². The fourth-order valence-corrected chi connectivity index (χ4v) is 3.98. The van der Waals surface area contributed by atoms with E-state index in [2.05, 4.69) is 48.5 Å². The van der Waals surface area contributed by atoms with Crippen LogP contribution < -0.4 is 5.73 Å². The molecule has 0 aromatic heterocycles. The number of hydrogen-bond donors (Lipinski definition) is 1. The molecule has 0 spiro atoms. The SMILES string of the molecule is CCCCC(C(C)C)C(C(C)CC)C(CCC)[C@@H](C)N. The maximum absolute atomic E-state index is 6.38. The summed E-state index contributed by atoms with van der Waals surface area (Å²) in [5.41, 5.74) is 6.38. The third-order valence-corrected chi connectivity index (χ3v) is 5.33. The van der Waals surface area contributed by atoms with Crippen LogP contribution in [0.1, 0.15) is 87.0 Å². The van der Waals surface area contributed by atoms with Crippen molar-refractivity contribution in [2.24, 2.45) is 35.3 Å². The minimum atomic E-state index is 0.330. The van der Waals surface area contributed by atoms with E-state index in [-0.39, 0.29) is 0 Å². The second-order valence-electron chi connectivity index (χ2n) is 7.32. The maximum Gasteiger partial charge on any atom is 0.00416 e. The molecule has 1 nitrogen and oxygen atoms in total. The molecule has 0 aromatic carbocycles. The van der Waals surface area contributed by atoms with Crippen LogP contribution in [0, 0.1) is 29.6 Å². The average molecular weight is 284 g/mol. The molecule has 0 saturated heterocycles. The van der Waals surface area contributed by atoms with Crippen LogP contribution in [0.3, 0.4) is 0 Å². The van der Waals surface area contributed by atoms with Gasteiger partial charge in [0.05, 0.1) is 0 Å². The Labute approximate surface area is 129 Å². The summed E-state index contributed by atoms with van der Waals surface area (Å²) in [5.74, 6) is 3.90. The predicted octanol–water partition coefficient (Wildman–Crippen LogP) is 5.87. The largest absolute Gasteiger partial charge is 0.328 e. The van der Waals surface area contributed by atoms with Gasteiger partial charge in [0.1, 0.15) is 0 Å². The standard InChI is InChI=1S/C19H41N/c1-8-11-13-17(14(4)5)19(15(6)10-3)18(12-9-2)16(7)20/h14-19H,8-13,20H2,1-7H3/t15?,16-,17?,18?,19?/m1/s1. The molecular formula is C19H41N. The highest BCUT2D eigenvalue weighted by atomic mass is 14.6. The topological polar surface area (TPSA) is 26.0 Å². The normalized spacial score (nSPS) is 19.6. The molecule has 1 heteroatoms. The van der Waals surface area contributed by atoms with Crippen LogP contribution in [0.2, 0.25) is 0 Å². The van der Waals surface area contributed by atoms with Crippen molar-refractivity contribution < 1.29 is 0 Å². The predicted molar refractivity (Wildman–Crippen MR) is 92.8 cm³/mol. The van der Waals surface area contributed by atoms with Crippen molar-refractivity contribution in [3.05, 3.63) is 0 Å². The van der Waals surface area contributed by atoms with E-state index >= 15 is 0 Å². The molecule has 122 valence electrons. The highest BCUT2D eigenvalue weighted by Gasteiger charge is 2.35. The molecule has 0 saturated carbocycles. The summed E-state index contributed by atoms with van der Waals surface area (Å²) in [7, 11) is 0. The van der Waals surface area contributed by atoms with Crippen molar-refractivity contribution in [3.63, 3.8) is 0 Å². The van der Waals surface area contributed by atoms with Crippen molar-refractivity contribution in [2.75, 3.05) is 0 Å². The maximum atomic E-state index is 6.38. The molecule has 0 aliphatic heterocycles. The highest BCUT2D eigenvalue weighted by molar-refractivity contribution is 4.86. The molecule has 0 aliphatic rings. The lowest BCUT2D eigenvalue weighted by Gasteiger charge is -2.41. The molecular weight excluding hydrogens is 242 g/mol. The Kier molecular flexibility index (Phi) is 10.6.